The van der Waals surface area contributed by atoms with Crippen molar-refractivity contribution in [1.29, 1.82) is 0 Å². The van der Waals surface area contributed by atoms with Crippen molar-refractivity contribution in [2.24, 2.45) is 0 Å². The molecule has 0 bridgehead atoms. The topological polar surface area (TPSA) is 55.9 Å². The maximum atomic E-state index is 5.32. The smallest absolute Gasteiger partial charge is 0.141 e. The summed E-state index contributed by atoms with van der Waals surface area (Å²) in [5, 5.41) is 8.40. The average molecular weight is 228 g/mol. The molecule has 3 aromatic heterocycles. The van der Waals surface area contributed by atoms with Crippen LogP contribution in [0.25, 0.3) is 11.0 Å². The molecule has 3 heterocycles. The summed E-state index contributed by atoms with van der Waals surface area (Å²) in [7, 11) is 0. The first kappa shape index (κ1) is 9.89. The predicted molar refractivity (Wildman–Crippen MR) is 65.2 cm³/mol. The van der Waals surface area contributed by atoms with E-state index in [1.165, 1.54) is 0 Å². The third-order valence-corrected chi connectivity index (χ3v) is 2.60. The first-order chi connectivity index (χ1) is 8.36. The molecule has 0 atom stereocenters. The highest BCUT2D eigenvalue weighted by Gasteiger charge is 2.05. The lowest BCUT2D eigenvalue weighted by Crippen LogP contribution is -1.94. The fraction of sp³-hybridized carbons (Fsp3) is 0.167. The third kappa shape index (κ3) is 1.75. The molecule has 1 N–H and O–H groups in total. The zero-order valence-electron chi connectivity index (χ0n) is 9.42. The van der Waals surface area contributed by atoms with Crippen LogP contribution in [0, 0.1) is 0 Å². The molecule has 0 aliphatic carbocycles. The lowest BCUT2D eigenvalue weighted by Gasteiger charge is -2.02. The Kier molecular flexibility index (Phi) is 2.29. The van der Waals surface area contributed by atoms with E-state index < -0.39 is 0 Å². The average Bonchev–Trinajstić information content (AvgIpc) is 2.97. The number of pyridine rings is 1. The molecular weight excluding hydrogens is 216 g/mol. The van der Waals surface area contributed by atoms with Crippen LogP contribution in [0.5, 0.6) is 0 Å². The van der Waals surface area contributed by atoms with Crippen molar-refractivity contribution in [1.82, 2.24) is 14.8 Å². The van der Waals surface area contributed by atoms with Crippen molar-refractivity contribution in [2.75, 3.05) is 5.32 Å². The lowest BCUT2D eigenvalue weighted by atomic mass is 10.3. The van der Waals surface area contributed by atoms with E-state index in [4.69, 9.17) is 4.42 Å². The minimum Gasteiger partial charge on any atom is -0.464 e. The van der Waals surface area contributed by atoms with Gasteiger partial charge in [0.25, 0.3) is 0 Å². The number of nitrogens with one attached hydrogen (secondary N) is 1. The molecule has 0 spiro atoms. The number of anilines is 2. The van der Waals surface area contributed by atoms with Crippen molar-refractivity contribution >= 4 is 22.5 Å². The summed E-state index contributed by atoms with van der Waals surface area (Å²) in [5.41, 5.74) is 1.75. The van der Waals surface area contributed by atoms with Crippen molar-refractivity contribution in [3.8, 4) is 0 Å². The van der Waals surface area contributed by atoms with E-state index in [0.29, 0.717) is 0 Å². The van der Waals surface area contributed by atoms with Gasteiger partial charge in [-0.15, -0.1) is 0 Å². The van der Waals surface area contributed by atoms with Crippen molar-refractivity contribution in [3.05, 3.63) is 37.0 Å². The maximum Gasteiger partial charge on any atom is 0.141 e. The Balaban J connectivity index is 1.96. The van der Waals surface area contributed by atoms with E-state index in [1.54, 1.807) is 18.7 Å². The number of aryl methyl sites for hydroxylation is 1. The second kappa shape index (κ2) is 3.93. The fourth-order valence-corrected chi connectivity index (χ4v) is 1.73. The van der Waals surface area contributed by atoms with E-state index in [1.807, 2.05) is 29.9 Å². The van der Waals surface area contributed by atoms with Gasteiger partial charge >= 0.3 is 0 Å². The van der Waals surface area contributed by atoms with Crippen molar-refractivity contribution in [2.45, 2.75) is 13.5 Å². The summed E-state index contributed by atoms with van der Waals surface area (Å²) < 4.78 is 7.18. The molecule has 0 amide bonds. The Hall–Kier alpha value is -2.30. The van der Waals surface area contributed by atoms with Crippen LogP contribution in [-0.4, -0.2) is 14.8 Å². The molecule has 3 aromatic rings. The van der Waals surface area contributed by atoms with Crippen molar-refractivity contribution in [3.63, 3.8) is 0 Å². The fourth-order valence-electron chi connectivity index (χ4n) is 1.73. The molecule has 0 radical (unpaired) electrons. The maximum absolute atomic E-state index is 5.32. The first-order valence-electron chi connectivity index (χ1n) is 5.48. The molecule has 0 aromatic carbocycles. The third-order valence-electron chi connectivity index (χ3n) is 2.60. The van der Waals surface area contributed by atoms with Gasteiger partial charge in [-0.3, -0.25) is 4.68 Å². The Morgan fingerprint density at radius 2 is 2.35 bits per heavy atom. The Morgan fingerprint density at radius 3 is 3.18 bits per heavy atom. The van der Waals surface area contributed by atoms with Crippen LogP contribution < -0.4 is 5.32 Å². The number of fused-ring (bicyclic) bond motifs is 1. The Labute approximate surface area is 98.1 Å². The molecule has 0 aliphatic rings. The zero-order chi connectivity index (χ0) is 11.7. The van der Waals surface area contributed by atoms with Gasteiger partial charge in [0, 0.05) is 18.9 Å². The Bertz CT molecular complexity index is 641. The molecule has 17 heavy (non-hydrogen) atoms. The quantitative estimate of drug-likeness (QED) is 0.748. The largest absolute Gasteiger partial charge is 0.464 e. The van der Waals surface area contributed by atoms with Gasteiger partial charge in [-0.1, -0.05) is 0 Å². The lowest BCUT2D eigenvalue weighted by molar-refractivity contribution is 0.615. The van der Waals surface area contributed by atoms with Crippen LogP contribution in [0.3, 0.4) is 0 Å². The van der Waals surface area contributed by atoms with E-state index in [-0.39, 0.29) is 0 Å². The van der Waals surface area contributed by atoms with Crippen LogP contribution in [0.15, 0.2) is 41.4 Å². The SMILES string of the molecule is CCn1cc(Nc2nccc3occc23)cn1. The summed E-state index contributed by atoms with van der Waals surface area (Å²) in [6.07, 6.45) is 7.11. The number of hydrogen-bond acceptors (Lipinski definition) is 4. The molecule has 0 aliphatic heterocycles. The summed E-state index contributed by atoms with van der Waals surface area (Å²) in [6, 6.07) is 3.74. The minimum absolute atomic E-state index is 0.784. The van der Waals surface area contributed by atoms with Gasteiger partial charge in [0.05, 0.1) is 23.5 Å². The summed E-state index contributed by atoms with van der Waals surface area (Å²) in [4.78, 5) is 4.30. The molecule has 0 saturated carbocycles. The van der Waals surface area contributed by atoms with E-state index in [0.717, 1.165) is 29.0 Å². The molecule has 0 saturated heterocycles. The second-order valence-electron chi connectivity index (χ2n) is 3.70. The molecule has 86 valence electrons. The Morgan fingerprint density at radius 1 is 1.41 bits per heavy atom. The first-order valence-corrected chi connectivity index (χ1v) is 5.48. The monoisotopic (exact) mass is 228 g/mol. The summed E-state index contributed by atoms with van der Waals surface area (Å²) in [6.45, 7) is 2.90. The van der Waals surface area contributed by atoms with E-state index in [2.05, 4.69) is 15.4 Å². The van der Waals surface area contributed by atoms with Gasteiger partial charge in [-0.2, -0.15) is 5.10 Å². The number of nitrogens with zero attached hydrogens (tertiary/aromatic N) is 3. The van der Waals surface area contributed by atoms with Crippen molar-refractivity contribution < 1.29 is 4.42 Å². The van der Waals surface area contributed by atoms with Crippen LogP contribution in [0.1, 0.15) is 6.92 Å². The normalized spacial score (nSPS) is 10.9. The van der Waals surface area contributed by atoms with E-state index >= 15 is 0 Å². The molecule has 5 heteroatoms. The molecule has 0 fully saturated rings. The summed E-state index contributed by atoms with van der Waals surface area (Å²) in [5.74, 6) is 0.784. The zero-order valence-corrected chi connectivity index (χ0v) is 9.42. The highest BCUT2D eigenvalue weighted by Crippen LogP contribution is 2.24. The van der Waals surface area contributed by atoms with Gasteiger partial charge in [-0.05, 0) is 19.1 Å². The van der Waals surface area contributed by atoms with Gasteiger partial charge in [-0.25, -0.2) is 4.98 Å². The second-order valence-corrected chi connectivity index (χ2v) is 3.70. The molecule has 3 rings (SSSR count). The highest BCUT2D eigenvalue weighted by atomic mass is 16.3. The highest BCUT2D eigenvalue weighted by molar-refractivity contribution is 5.89. The van der Waals surface area contributed by atoms with Crippen LogP contribution in [0.4, 0.5) is 11.5 Å². The molecular formula is C12H12N4O. The van der Waals surface area contributed by atoms with Crippen LogP contribution >= 0.6 is 0 Å². The number of furan rings is 1. The van der Waals surface area contributed by atoms with Gasteiger partial charge in [0.1, 0.15) is 11.4 Å². The number of hydrogen-bond donors (Lipinski definition) is 1. The van der Waals surface area contributed by atoms with Crippen LogP contribution in [0.2, 0.25) is 0 Å². The van der Waals surface area contributed by atoms with Gasteiger partial charge < -0.3 is 9.73 Å². The number of aromatic nitrogens is 3. The van der Waals surface area contributed by atoms with Gasteiger partial charge in [0.2, 0.25) is 0 Å². The summed E-state index contributed by atoms with van der Waals surface area (Å²) >= 11 is 0. The van der Waals surface area contributed by atoms with Crippen LogP contribution in [-0.2, 0) is 6.54 Å². The molecule has 5 nitrogen and oxygen atoms in total. The number of rotatable bonds is 3. The predicted octanol–water partition coefficient (Wildman–Crippen LogP) is 2.79. The standard InChI is InChI=1S/C12H12N4O/c1-2-16-8-9(7-14-16)15-12-10-4-6-17-11(10)3-5-13-12/h3-8H,2H2,1H3,(H,13,15). The van der Waals surface area contributed by atoms with E-state index in [9.17, 15) is 0 Å². The molecule has 0 unspecified atom stereocenters. The minimum atomic E-state index is 0.784. The van der Waals surface area contributed by atoms with Gasteiger partial charge in [0.15, 0.2) is 0 Å².